The van der Waals surface area contributed by atoms with Gasteiger partial charge in [0.15, 0.2) is 0 Å². The second-order valence-electron chi connectivity index (χ2n) is 0. The van der Waals surface area contributed by atoms with Crippen molar-refractivity contribution in [3.63, 3.8) is 0 Å². The molecule has 0 spiro atoms. The first-order valence-corrected chi connectivity index (χ1v) is 2.18. The van der Waals surface area contributed by atoms with Crippen molar-refractivity contribution >= 4 is 9.58 Å². The molecule has 0 heterocycles. The van der Waals surface area contributed by atoms with Crippen molar-refractivity contribution in [2.75, 3.05) is 0 Å². The molecular formula is AgAu2S. The summed E-state index contributed by atoms with van der Waals surface area (Å²) < 4.78 is 0. The Bertz CT molecular complexity index is 6.00. The van der Waals surface area contributed by atoms with E-state index in [1.807, 2.05) is 0 Å². The van der Waals surface area contributed by atoms with E-state index >= 15 is 0 Å². The van der Waals surface area contributed by atoms with Gasteiger partial charge in [-0.2, -0.15) is 0 Å². The van der Waals surface area contributed by atoms with E-state index in [1.165, 1.54) is 0 Å². The van der Waals surface area contributed by atoms with E-state index in [0.717, 1.165) is 0 Å². The molecule has 0 nitrogen and oxygen atoms in total. The molecule has 0 aliphatic rings. The maximum atomic E-state index is 3.89. The number of hydrogen-bond acceptors (Lipinski definition) is 1. The Labute approximate surface area is 72.4 Å². The van der Waals surface area contributed by atoms with Crippen LogP contribution in [0.1, 0.15) is 0 Å². The summed E-state index contributed by atoms with van der Waals surface area (Å²) in [6.45, 7) is 0. The average Bonchev–Trinajstić information content (AvgIpc) is 1.00. The van der Waals surface area contributed by atoms with Gasteiger partial charge < -0.3 is 0 Å². The SMILES string of the molecule is [Au].[Au].[S]=[Ag]. The molecule has 4 heteroatoms. The van der Waals surface area contributed by atoms with Crippen LogP contribution in [0.15, 0.2) is 0 Å². The molecule has 0 unspecified atom stereocenters. The first-order chi connectivity index (χ1) is 1.00. The van der Waals surface area contributed by atoms with Crippen LogP contribution in [0, 0.1) is 0 Å². The Morgan fingerprint density at radius 3 is 1.00 bits per heavy atom. The Hall–Kier alpha value is 2.44. The quantitative estimate of drug-likeness (QED) is 0.412. The third-order valence-corrected chi connectivity index (χ3v) is 0. The zero-order chi connectivity index (χ0) is 2.00. The van der Waals surface area contributed by atoms with Gasteiger partial charge in [-0.05, 0) is 0 Å². The van der Waals surface area contributed by atoms with E-state index in [1.54, 1.807) is 0 Å². The average molecular weight is 534 g/mol. The molecule has 0 aromatic carbocycles. The standard InChI is InChI=1S/Ag.2Au.S. The van der Waals surface area contributed by atoms with Gasteiger partial charge in [-0.25, -0.2) is 0 Å². The summed E-state index contributed by atoms with van der Waals surface area (Å²) in [5.74, 6) is 0. The van der Waals surface area contributed by atoms with E-state index in [4.69, 9.17) is 0 Å². The topological polar surface area (TPSA) is 0 Å². The van der Waals surface area contributed by atoms with Gasteiger partial charge in [-0.3, -0.25) is 0 Å². The molecule has 0 N–H and O–H groups in total. The van der Waals surface area contributed by atoms with Gasteiger partial charge in [-0.1, -0.05) is 0 Å². The molecule has 2 radical (unpaired) electrons. The first kappa shape index (κ1) is 16.1. The molecule has 0 aromatic rings. The molecule has 0 atom stereocenters. The summed E-state index contributed by atoms with van der Waals surface area (Å²) in [6, 6.07) is 0. The third-order valence-electron chi connectivity index (χ3n) is 0. The summed E-state index contributed by atoms with van der Waals surface area (Å²) >= 11 is 2.53. The molecule has 0 saturated heterocycles. The van der Waals surface area contributed by atoms with Crippen LogP contribution in [-0.4, -0.2) is 0 Å². The van der Waals surface area contributed by atoms with E-state index < -0.39 is 0 Å². The van der Waals surface area contributed by atoms with E-state index in [0.29, 0.717) is 0 Å². The Morgan fingerprint density at radius 1 is 1.00 bits per heavy atom. The van der Waals surface area contributed by atoms with Gasteiger partial charge in [-0.15, -0.1) is 0 Å². The fourth-order valence-corrected chi connectivity index (χ4v) is 0. The van der Waals surface area contributed by atoms with Gasteiger partial charge in [0.05, 0.1) is 0 Å². The van der Waals surface area contributed by atoms with Crippen LogP contribution in [0.4, 0.5) is 0 Å². The van der Waals surface area contributed by atoms with E-state index in [9.17, 15) is 0 Å². The van der Waals surface area contributed by atoms with E-state index in [2.05, 4.69) is 28.8 Å². The normalized spacial score (nSPS) is 1.50. The molecule has 0 rings (SSSR count). The molecule has 0 bridgehead atoms. The second-order valence-corrected chi connectivity index (χ2v) is 0. The van der Waals surface area contributed by atoms with Crippen molar-refractivity contribution in [3.8, 4) is 0 Å². The van der Waals surface area contributed by atoms with Crippen molar-refractivity contribution in [3.05, 3.63) is 0 Å². The molecule has 39 valence electrons. The van der Waals surface area contributed by atoms with Crippen LogP contribution >= 0.6 is 9.58 Å². The monoisotopic (exact) mass is 533 g/mol. The summed E-state index contributed by atoms with van der Waals surface area (Å²) in [6.07, 6.45) is 0. The van der Waals surface area contributed by atoms with Gasteiger partial charge >= 0.3 is 28.8 Å². The van der Waals surface area contributed by atoms with Crippen molar-refractivity contribution in [1.82, 2.24) is 0 Å². The molecular weight excluding hydrogens is 534 g/mol. The molecule has 0 saturated carbocycles. The Morgan fingerprint density at radius 2 is 1.00 bits per heavy atom. The zero-order valence-electron chi connectivity index (χ0n) is 1.31. The van der Waals surface area contributed by atoms with Gasteiger partial charge in [0, 0.05) is 44.8 Å². The third kappa shape index (κ3) is 8.83. The van der Waals surface area contributed by atoms with Crippen LogP contribution in [0.5, 0.6) is 0 Å². The molecule has 0 aliphatic heterocycles. The van der Waals surface area contributed by atoms with E-state index in [-0.39, 0.29) is 44.8 Å². The molecule has 0 fully saturated rings. The second kappa shape index (κ2) is 18.0. The van der Waals surface area contributed by atoms with Crippen LogP contribution in [0.25, 0.3) is 0 Å². The number of hydrogen-bond donors (Lipinski definition) is 0. The Balaban J connectivity index is -0.00000000500. The van der Waals surface area contributed by atoms with Gasteiger partial charge in [0.25, 0.3) is 0 Å². The summed E-state index contributed by atoms with van der Waals surface area (Å²) in [4.78, 5) is 0. The van der Waals surface area contributed by atoms with Crippen LogP contribution in [0.3, 0.4) is 0 Å². The maximum absolute atomic E-state index is 3.89. The number of rotatable bonds is 0. The predicted octanol–water partition coefficient (Wildman–Crippen LogP) is 0.641. The van der Waals surface area contributed by atoms with Crippen molar-refractivity contribution in [1.29, 1.82) is 0 Å². The summed E-state index contributed by atoms with van der Waals surface area (Å²) in [5, 5.41) is 0. The minimum absolute atomic E-state index is 0. The Kier molecular flexibility index (Phi) is 72.5. The molecule has 4 heavy (non-hydrogen) atoms. The fourth-order valence-electron chi connectivity index (χ4n) is 0. The van der Waals surface area contributed by atoms with Crippen molar-refractivity contribution in [2.45, 2.75) is 0 Å². The van der Waals surface area contributed by atoms with Crippen molar-refractivity contribution < 1.29 is 64.0 Å². The first-order valence-electron chi connectivity index (χ1n) is 0.123. The van der Waals surface area contributed by atoms with Crippen LogP contribution < -0.4 is 0 Å². The molecule has 0 amide bonds. The summed E-state index contributed by atoms with van der Waals surface area (Å²) in [5.41, 5.74) is 0. The summed E-state index contributed by atoms with van der Waals surface area (Å²) in [7, 11) is 3.89. The predicted molar refractivity (Wildman–Crippen MR) is 7.59 cm³/mol. The van der Waals surface area contributed by atoms with Crippen molar-refractivity contribution in [2.24, 2.45) is 0 Å². The van der Waals surface area contributed by atoms with Crippen LogP contribution in [-0.2, 0) is 64.0 Å². The molecule has 0 aromatic heterocycles. The zero-order valence-corrected chi connectivity index (χ0v) is 7.94. The van der Waals surface area contributed by atoms with Crippen LogP contribution in [0.2, 0.25) is 0 Å². The van der Waals surface area contributed by atoms with Gasteiger partial charge in [0.1, 0.15) is 0 Å². The fraction of sp³-hybridized carbons (Fsp3) is 0. The molecule has 0 aliphatic carbocycles. The minimum atomic E-state index is 0. The van der Waals surface area contributed by atoms with Gasteiger partial charge in [0.2, 0.25) is 0 Å².